The van der Waals surface area contributed by atoms with Crippen LogP contribution in [0.5, 0.6) is 11.6 Å². The van der Waals surface area contributed by atoms with Crippen LogP contribution in [-0.4, -0.2) is 22.7 Å². The van der Waals surface area contributed by atoms with E-state index in [4.69, 9.17) is 14.0 Å². The minimum Gasteiger partial charge on any atom is -0.462 e. The second-order valence-electron chi connectivity index (χ2n) is 4.58. The minimum atomic E-state index is -0.480. The normalized spacial score (nSPS) is 10.6. The quantitative estimate of drug-likeness (QED) is 0.686. The van der Waals surface area contributed by atoms with Crippen molar-refractivity contribution in [2.24, 2.45) is 0 Å². The number of aromatic nitrogens is 2. The van der Waals surface area contributed by atoms with Crippen LogP contribution < -0.4 is 4.74 Å². The van der Waals surface area contributed by atoms with Crippen molar-refractivity contribution in [1.29, 1.82) is 0 Å². The van der Waals surface area contributed by atoms with Gasteiger partial charge in [0.1, 0.15) is 5.56 Å². The van der Waals surface area contributed by atoms with Crippen molar-refractivity contribution < 1.29 is 18.8 Å². The van der Waals surface area contributed by atoms with E-state index in [2.05, 4.69) is 10.1 Å². The second-order valence-corrected chi connectivity index (χ2v) is 4.58. The summed E-state index contributed by atoms with van der Waals surface area (Å²) in [6, 6.07) is 8.70. The van der Waals surface area contributed by atoms with Crippen LogP contribution >= 0.6 is 0 Å². The lowest BCUT2D eigenvalue weighted by molar-refractivity contribution is 0.0522. The Morgan fingerprint density at radius 2 is 2.14 bits per heavy atom. The average Bonchev–Trinajstić information content (AvgIpc) is 2.91. The maximum atomic E-state index is 11.9. The molecule has 2 heterocycles. The van der Waals surface area contributed by atoms with Crippen LogP contribution in [0.3, 0.4) is 0 Å². The number of esters is 1. The number of rotatable bonds is 4. The molecule has 2 aromatic heterocycles. The van der Waals surface area contributed by atoms with Crippen molar-refractivity contribution in [3.05, 3.63) is 47.8 Å². The summed E-state index contributed by atoms with van der Waals surface area (Å²) in [5, 5.41) is 4.77. The van der Waals surface area contributed by atoms with Gasteiger partial charge < -0.3 is 14.0 Å². The van der Waals surface area contributed by atoms with Gasteiger partial charge in [0.25, 0.3) is 0 Å². The van der Waals surface area contributed by atoms with Crippen LogP contribution in [0.4, 0.5) is 0 Å². The van der Waals surface area contributed by atoms with Crippen molar-refractivity contribution >= 4 is 16.9 Å². The Morgan fingerprint density at radius 1 is 1.27 bits per heavy atom. The van der Waals surface area contributed by atoms with Crippen LogP contribution in [0.1, 0.15) is 23.0 Å². The molecule has 0 aliphatic rings. The number of carbonyl (C=O) groups is 1. The van der Waals surface area contributed by atoms with Crippen molar-refractivity contribution in [1.82, 2.24) is 10.1 Å². The molecule has 3 rings (SSSR count). The summed E-state index contributed by atoms with van der Waals surface area (Å²) >= 11 is 0. The number of carbonyl (C=O) groups excluding carboxylic acids is 1. The highest BCUT2D eigenvalue weighted by Gasteiger charge is 2.17. The van der Waals surface area contributed by atoms with Gasteiger partial charge in [-0.1, -0.05) is 11.2 Å². The third-order valence-corrected chi connectivity index (χ3v) is 3.12. The third kappa shape index (κ3) is 2.50. The van der Waals surface area contributed by atoms with E-state index in [0.29, 0.717) is 11.3 Å². The van der Waals surface area contributed by atoms with Gasteiger partial charge >= 0.3 is 5.97 Å². The number of nitrogens with zero attached hydrogens (tertiary/aromatic N) is 2. The van der Waals surface area contributed by atoms with Crippen LogP contribution in [0, 0.1) is 6.92 Å². The van der Waals surface area contributed by atoms with E-state index in [1.165, 1.54) is 0 Å². The van der Waals surface area contributed by atoms with Gasteiger partial charge in [0, 0.05) is 11.6 Å². The molecule has 0 saturated carbocycles. The molecule has 3 aromatic rings. The first-order valence-electron chi connectivity index (χ1n) is 6.85. The highest BCUT2D eigenvalue weighted by Crippen LogP contribution is 2.31. The van der Waals surface area contributed by atoms with Crippen LogP contribution in [0.15, 0.2) is 41.1 Å². The summed E-state index contributed by atoms with van der Waals surface area (Å²) in [4.78, 5) is 16.1. The Hall–Kier alpha value is -2.89. The van der Waals surface area contributed by atoms with Gasteiger partial charge in [0.2, 0.25) is 11.5 Å². The fourth-order valence-electron chi connectivity index (χ4n) is 2.08. The van der Waals surface area contributed by atoms with Gasteiger partial charge in [-0.15, -0.1) is 0 Å². The molecule has 0 aliphatic carbocycles. The first kappa shape index (κ1) is 14.1. The van der Waals surface area contributed by atoms with E-state index in [9.17, 15) is 4.79 Å². The fourth-order valence-corrected chi connectivity index (χ4v) is 2.08. The average molecular weight is 298 g/mol. The molecule has 0 aliphatic heterocycles. The molecular weight excluding hydrogens is 284 g/mol. The molecule has 1 aromatic carbocycles. The number of fused-ring (bicyclic) bond motifs is 1. The van der Waals surface area contributed by atoms with E-state index < -0.39 is 5.97 Å². The summed E-state index contributed by atoms with van der Waals surface area (Å²) in [6.45, 7) is 3.87. The van der Waals surface area contributed by atoms with Crippen molar-refractivity contribution in [3.63, 3.8) is 0 Å². The largest absolute Gasteiger partial charge is 0.462 e. The molecule has 0 radical (unpaired) electrons. The zero-order chi connectivity index (χ0) is 15.5. The van der Waals surface area contributed by atoms with Crippen molar-refractivity contribution in [2.45, 2.75) is 13.8 Å². The van der Waals surface area contributed by atoms with Crippen LogP contribution in [0.2, 0.25) is 0 Å². The molecule has 22 heavy (non-hydrogen) atoms. The summed E-state index contributed by atoms with van der Waals surface area (Å²) in [5.74, 6) is 0.136. The lowest BCUT2D eigenvalue weighted by atomic mass is 10.2. The Morgan fingerprint density at radius 3 is 2.95 bits per heavy atom. The fraction of sp³-hybridized carbons (Fsp3) is 0.188. The molecule has 0 fully saturated rings. The van der Waals surface area contributed by atoms with Crippen LogP contribution in [0.25, 0.3) is 11.0 Å². The van der Waals surface area contributed by atoms with E-state index in [-0.39, 0.29) is 18.1 Å². The molecule has 0 saturated heterocycles. The number of aryl methyl sites for hydroxylation is 1. The molecule has 112 valence electrons. The molecule has 6 heteroatoms. The SMILES string of the molecule is CCOC(=O)c1cccnc1Oc1cccc2c(C)noc12. The second kappa shape index (κ2) is 5.85. The molecular formula is C16H14N2O4. The van der Waals surface area contributed by atoms with Gasteiger partial charge in [-0.2, -0.15) is 0 Å². The topological polar surface area (TPSA) is 74.5 Å². The molecule has 0 N–H and O–H groups in total. The van der Waals surface area contributed by atoms with Gasteiger partial charge in [-0.25, -0.2) is 9.78 Å². The monoisotopic (exact) mass is 298 g/mol. The number of hydrogen-bond donors (Lipinski definition) is 0. The van der Waals surface area contributed by atoms with Crippen LogP contribution in [-0.2, 0) is 4.74 Å². The number of hydrogen-bond acceptors (Lipinski definition) is 6. The van der Waals surface area contributed by atoms with Gasteiger partial charge in [-0.05, 0) is 38.1 Å². The minimum absolute atomic E-state index is 0.169. The predicted octanol–water partition coefficient (Wildman–Crippen LogP) is 3.50. The zero-order valence-electron chi connectivity index (χ0n) is 12.2. The molecule has 0 spiro atoms. The molecule has 6 nitrogen and oxygen atoms in total. The Bertz CT molecular complexity index is 826. The summed E-state index contributed by atoms with van der Waals surface area (Å²) < 4.78 is 16.0. The Balaban J connectivity index is 2.00. The number of pyridine rings is 1. The smallest absolute Gasteiger partial charge is 0.343 e. The van der Waals surface area contributed by atoms with E-state index in [0.717, 1.165) is 11.1 Å². The maximum absolute atomic E-state index is 11.9. The molecule has 0 unspecified atom stereocenters. The highest BCUT2D eigenvalue weighted by molar-refractivity contribution is 5.92. The molecule has 0 amide bonds. The molecule has 0 atom stereocenters. The van der Waals surface area contributed by atoms with Gasteiger partial charge in [-0.3, -0.25) is 0 Å². The van der Waals surface area contributed by atoms with Gasteiger partial charge in [0.15, 0.2) is 5.75 Å². The number of ether oxygens (including phenoxy) is 2. The summed E-state index contributed by atoms with van der Waals surface area (Å²) in [6.07, 6.45) is 1.55. The lowest BCUT2D eigenvalue weighted by Gasteiger charge is -2.09. The van der Waals surface area contributed by atoms with E-state index in [1.54, 1.807) is 31.3 Å². The maximum Gasteiger partial charge on any atom is 0.343 e. The third-order valence-electron chi connectivity index (χ3n) is 3.12. The Labute approximate surface area is 126 Å². The first-order chi connectivity index (χ1) is 10.7. The summed E-state index contributed by atoms with van der Waals surface area (Å²) in [7, 11) is 0. The van der Waals surface area contributed by atoms with Crippen molar-refractivity contribution in [3.8, 4) is 11.6 Å². The number of para-hydroxylation sites is 1. The van der Waals surface area contributed by atoms with Crippen molar-refractivity contribution in [2.75, 3.05) is 6.61 Å². The predicted molar refractivity (Wildman–Crippen MR) is 79.0 cm³/mol. The van der Waals surface area contributed by atoms with E-state index >= 15 is 0 Å². The van der Waals surface area contributed by atoms with Gasteiger partial charge in [0.05, 0.1) is 12.3 Å². The number of benzene rings is 1. The first-order valence-corrected chi connectivity index (χ1v) is 6.85. The Kier molecular flexibility index (Phi) is 3.74. The van der Waals surface area contributed by atoms with E-state index in [1.807, 2.05) is 19.1 Å². The summed E-state index contributed by atoms with van der Waals surface area (Å²) in [5.41, 5.74) is 1.55. The zero-order valence-corrected chi connectivity index (χ0v) is 12.2. The standard InChI is InChI=1S/C16H14N2O4/c1-3-20-16(19)12-7-5-9-17-15(12)21-13-8-4-6-11-10(2)18-22-14(11)13/h4-9H,3H2,1-2H3. The molecule has 0 bridgehead atoms. The lowest BCUT2D eigenvalue weighted by Crippen LogP contribution is -2.07. The highest BCUT2D eigenvalue weighted by atomic mass is 16.5.